The fraction of sp³-hybridized carbons (Fsp3) is 0.312. The Hall–Kier alpha value is -2.83. The van der Waals surface area contributed by atoms with E-state index in [9.17, 15) is 14.4 Å². The van der Waals surface area contributed by atoms with Gasteiger partial charge in [0.15, 0.2) is 0 Å². The Morgan fingerprint density at radius 1 is 1.26 bits per heavy atom. The van der Waals surface area contributed by atoms with Crippen molar-refractivity contribution in [3.05, 3.63) is 51.3 Å². The SMILES string of the molecule is CC(C)n1[nH]c(=O)c2c1NC(=O)C[C@H]2c1ccc(C(=O)O)cc1. The number of nitrogens with zero attached hydrogens (tertiary/aromatic N) is 1. The summed E-state index contributed by atoms with van der Waals surface area (Å²) in [6, 6.07) is 6.28. The first-order valence-corrected chi connectivity index (χ1v) is 7.36. The molecule has 3 N–H and O–H groups in total. The van der Waals surface area contributed by atoms with Crippen LogP contribution in [0.15, 0.2) is 29.1 Å². The lowest BCUT2D eigenvalue weighted by Crippen LogP contribution is -2.27. The van der Waals surface area contributed by atoms with Crippen LogP contribution in [0.3, 0.4) is 0 Å². The third-order valence-corrected chi connectivity index (χ3v) is 4.03. The van der Waals surface area contributed by atoms with Gasteiger partial charge in [-0.2, -0.15) is 0 Å². The minimum Gasteiger partial charge on any atom is -0.478 e. The van der Waals surface area contributed by atoms with E-state index in [0.717, 1.165) is 5.56 Å². The summed E-state index contributed by atoms with van der Waals surface area (Å²) in [5, 5.41) is 14.5. The summed E-state index contributed by atoms with van der Waals surface area (Å²) in [5.74, 6) is -1.07. The molecule has 0 unspecified atom stereocenters. The van der Waals surface area contributed by atoms with Crippen LogP contribution in [-0.4, -0.2) is 26.8 Å². The van der Waals surface area contributed by atoms with E-state index in [1.54, 1.807) is 16.8 Å². The maximum atomic E-state index is 12.3. The first-order chi connectivity index (χ1) is 10.9. The van der Waals surface area contributed by atoms with Gasteiger partial charge >= 0.3 is 5.97 Å². The summed E-state index contributed by atoms with van der Waals surface area (Å²) < 4.78 is 1.65. The highest BCUT2D eigenvalue weighted by Crippen LogP contribution is 2.35. The van der Waals surface area contributed by atoms with Gasteiger partial charge in [-0.15, -0.1) is 0 Å². The van der Waals surface area contributed by atoms with E-state index in [-0.39, 0.29) is 35.4 Å². The fourth-order valence-corrected chi connectivity index (χ4v) is 2.91. The van der Waals surface area contributed by atoms with Crippen LogP contribution in [0.4, 0.5) is 5.82 Å². The number of carbonyl (C=O) groups is 2. The zero-order valence-electron chi connectivity index (χ0n) is 12.8. The number of anilines is 1. The molecule has 23 heavy (non-hydrogen) atoms. The number of H-pyrrole nitrogens is 1. The molecule has 3 rings (SSSR count). The van der Waals surface area contributed by atoms with Crippen LogP contribution >= 0.6 is 0 Å². The number of aromatic carboxylic acids is 1. The van der Waals surface area contributed by atoms with Gasteiger partial charge in [0, 0.05) is 18.4 Å². The smallest absolute Gasteiger partial charge is 0.335 e. The van der Waals surface area contributed by atoms with Crippen LogP contribution < -0.4 is 10.9 Å². The number of hydrogen-bond acceptors (Lipinski definition) is 3. The van der Waals surface area contributed by atoms with Crippen molar-refractivity contribution in [2.75, 3.05) is 5.32 Å². The molecule has 1 amide bonds. The van der Waals surface area contributed by atoms with Crippen LogP contribution in [0.2, 0.25) is 0 Å². The first kappa shape index (κ1) is 15.1. The van der Waals surface area contributed by atoms with Crippen molar-refractivity contribution in [3.8, 4) is 0 Å². The average Bonchev–Trinajstić information content (AvgIpc) is 2.83. The molecular formula is C16H17N3O4. The highest BCUT2D eigenvalue weighted by atomic mass is 16.4. The Labute approximate surface area is 131 Å². The lowest BCUT2D eigenvalue weighted by Gasteiger charge is -2.24. The van der Waals surface area contributed by atoms with Crippen LogP contribution in [0.5, 0.6) is 0 Å². The molecule has 0 saturated carbocycles. The summed E-state index contributed by atoms with van der Waals surface area (Å²) in [4.78, 5) is 35.3. The molecule has 0 saturated heterocycles. The maximum absolute atomic E-state index is 12.3. The van der Waals surface area contributed by atoms with Crippen LogP contribution in [0.1, 0.15) is 53.7 Å². The normalized spacial score (nSPS) is 17.0. The summed E-state index contributed by atoms with van der Waals surface area (Å²) in [6.07, 6.45) is 0.157. The van der Waals surface area contributed by atoms with Crippen molar-refractivity contribution in [3.63, 3.8) is 0 Å². The van der Waals surface area contributed by atoms with Gasteiger partial charge in [0.05, 0.1) is 11.1 Å². The number of rotatable bonds is 3. The van der Waals surface area contributed by atoms with Crippen molar-refractivity contribution in [1.29, 1.82) is 0 Å². The molecule has 120 valence electrons. The van der Waals surface area contributed by atoms with E-state index in [1.807, 2.05) is 13.8 Å². The van der Waals surface area contributed by atoms with E-state index >= 15 is 0 Å². The van der Waals surface area contributed by atoms with E-state index < -0.39 is 5.97 Å². The second kappa shape index (κ2) is 5.42. The third kappa shape index (κ3) is 2.54. The molecule has 2 heterocycles. The molecular weight excluding hydrogens is 298 g/mol. The molecule has 0 spiro atoms. The molecule has 1 aromatic heterocycles. The molecule has 0 radical (unpaired) electrons. The number of hydrogen-bond donors (Lipinski definition) is 3. The molecule has 1 aromatic carbocycles. The van der Waals surface area contributed by atoms with Gasteiger partial charge in [-0.3, -0.25) is 19.4 Å². The summed E-state index contributed by atoms with van der Waals surface area (Å²) >= 11 is 0. The predicted octanol–water partition coefficient (Wildman–Crippen LogP) is 1.93. The number of amides is 1. The van der Waals surface area contributed by atoms with Crippen LogP contribution in [0, 0.1) is 0 Å². The molecule has 1 atom stereocenters. The summed E-state index contributed by atoms with van der Waals surface area (Å²) in [5.41, 5.74) is 1.20. The van der Waals surface area contributed by atoms with Gasteiger partial charge in [-0.25, -0.2) is 4.79 Å². The van der Waals surface area contributed by atoms with Gasteiger partial charge < -0.3 is 10.4 Å². The third-order valence-electron chi connectivity index (χ3n) is 4.03. The fourth-order valence-electron chi connectivity index (χ4n) is 2.91. The molecule has 7 nitrogen and oxygen atoms in total. The van der Waals surface area contributed by atoms with Gasteiger partial charge in [0.25, 0.3) is 5.56 Å². The Balaban J connectivity index is 2.10. The number of benzene rings is 1. The van der Waals surface area contributed by atoms with Crippen molar-refractivity contribution in [2.24, 2.45) is 0 Å². The highest BCUT2D eigenvalue weighted by Gasteiger charge is 2.33. The lowest BCUT2D eigenvalue weighted by atomic mass is 9.87. The zero-order valence-corrected chi connectivity index (χ0v) is 12.8. The van der Waals surface area contributed by atoms with Crippen molar-refractivity contribution in [1.82, 2.24) is 9.78 Å². The molecule has 0 fully saturated rings. The van der Waals surface area contributed by atoms with Gasteiger partial charge in [0.1, 0.15) is 5.82 Å². The van der Waals surface area contributed by atoms with Crippen molar-refractivity contribution < 1.29 is 14.7 Å². The van der Waals surface area contributed by atoms with Crippen LogP contribution in [-0.2, 0) is 4.79 Å². The van der Waals surface area contributed by atoms with E-state index in [2.05, 4.69) is 10.4 Å². The Bertz CT molecular complexity index is 830. The number of carboxylic acid groups (broad SMARTS) is 1. The van der Waals surface area contributed by atoms with E-state index in [4.69, 9.17) is 5.11 Å². The molecule has 0 bridgehead atoms. The molecule has 1 aliphatic heterocycles. The topological polar surface area (TPSA) is 104 Å². The minimum absolute atomic E-state index is 0.000105. The number of carbonyl (C=O) groups excluding carboxylic acids is 1. The largest absolute Gasteiger partial charge is 0.478 e. The van der Waals surface area contributed by atoms with Gasteiger partial charge in [-0.05, 0) is 31.5 Å². The molecule has 7 heteroatoms. The minimum atomic E-state index is -1.01. The number of nitrogens with one attached hydrogen (secondary N) is 2. The second-order valence-corrected chi connectivity index (χ2v) is 5.90. The molecule has 1 aliphatic rings. The Kier molecular flexibility index (Phi) is 3.55. The average molecular weight is 315 g/mol. The second-order valence-electron chi connectivity index (χ2n) is 5.90. The standard InChI is InChI=1S/C16H17N3O4/c1-8(2)19-14-13(15(21)18-19)11(7-12(20)17-14)9-3-5-10(6-4-9)16(22)23/h3-6,8,11H,7H2,1-2H3,(H,17,20)(H,18,21)(H,22,23)/t11-/m0/s1. The summed E-state index contributed by atoms with van der Waals surface area (Å²) in [7, 11) is 0. The number of aromatic amines is 1. The predicted molar refractivity (Wildman–Crippen MR) is 83.9 cm³/mol. The van der Waals surface area contributed by atoms with E-state index in [0.29, 0.717) is 11.4 Å². The van der Waals surface area contributed by atoms with Crippen LogP contribution in [0.25, 0.3) is 0 Å². The Morgan fingerprint density at radius 2 is 1.91 bits per heavy atom. The zero-order chi connectivity index (χ0) is 16.7. The monoisotopic (exact) mass is 315 g/mol. The first-order valence-electron chi connectivity index (χ1n) is 7.36. The lowest BCUT2D eigenvalue weighted by molar-refractivity contribution is -0.116. The van der Waals surface area contributed by atoms with Crippen molar-refractivity contribution in [2.45, 2.75) is 32.2 Å². The highest BCUT2D eigenvalue weighted by molar-refractivity contribution is 5.94. The number of carboxylic acids is 1. The number of fused-ring (bicyclic) bond motifs is 1. The molecule has 0 aliphatic carbocycles. The quantitative estimate of drug-likeness (QED) is 0.805. The van der Waals surface area contributed by atoms with Gasteiger partial charge in [-0.1, -0.05) is 12.1 Å². The van der Waals surface area contributed by atoms with Gasteiger partial charge in [0.2, 0.25) is 5.91 Å². The Morgan fingerprint density at radius 3 is 2.48 bits per heavy atom. The maximum Gasteiger partial charge on any atom is 0.335 e. The molecule has 2 aromatic rings. The van der Waals surface area contributed by atoms with Crippen molar-refractivity contribution >= 4 is 17.7 Å². The van der Waals surface area contributed by atoms with E-state index in [1.165, 1.54) is 12.1 Å². The number of aromatic nitrogens is 2. The summed E-state index contributed by atoms with van der Waals surface area (Å²) in [6.45, 7) is 3.82.